The number of nitrogens with one attached hydrogen (secondary N) is 1. The standard InChI is InChI=1S/C12H15ClN2O2/c1-15-5-4-9(7-15)14-11-3-2-8(12(16)17)6-10(11)13/h2-3,6,9,14H,4-5,7H2,1H3,(H,16,17). The summed E-state index contributed by atoms with van der Waals surface area (Å²) in [6.45, 7) is 2.06. The van der Waals surface area contributed by atoms with Crippen LogP contribution in [-0.2, 0) is 0 Å². The van der Waals surface area contributed by atoms with Crippen molar-refractivity contribution < 1.29 is 9.90 Å². The van der Waals surface area contributed by atoms with E-state index in [1.165, 1.54) is 6.07 Å². The number of likely N-dealkylation sites (N-methyl/N-ethyl adjacent to an activating group) is 1. The molecule has 1 unspecified atom stereocenters. The number of aromatic carboxylic acids is 1. The first-order valence-electron chi connectivity index (χ1n) is 5.54. The molecule has 0 bridgehead atoms. The van der Waals surface area contributed by atoms with E-state index >= 15 is 0 Å². The fourth-order valence-electron chi connectivity index (χ4n) is 2.04. The Morgan fingerprint density at radius 2 is 2.35 bits per heavy atom. The molecule has 1 aliphatic heterocycles. The van der Waals surface area contributed by atoms with Gasteiger partial charge >= 0.3 is 5.97 Å². The number of halogens is 1. The van der Waals surface area contributed by atoms with Crippen molar-refractivity contribution in [2.24, 2.45) is 0 Å². The maximum atomic E-state index is 10.8. The van der Waals surface area contributed by atoms with Crippen LogP contribution in [0.15, 0.2) is 18.2 Å². The molecule has 1 heterocycles. The minimum Gasteiger partial charge on any atom is -0.478 e. The van der Waals surface area contributed by atoms with Crippen molar-refractivity contribution in [3.63, 3.8) is 0 Å². The number of benzene rings is 1. The third-order valence-electron chi connectivity index (χ3n) is 2.97. The van der Waals surface area contributed by atoms with Crippen molar-refractivity contribution in [3.05, 3.63) is 28.8 Å². The van der Waals surface area contributed by atoms with Crippen LogP contribution in [0.25, 0.3) is 0 Å². The predicted octanol–water partition coefficient (Wildman–Crippen LogP) is 2.15. The maximum absolute atomic E-state index is 10.8. The van der Waals surface area contributed by atoms with E-state index in [2.05, 4.69) is 17.3 Å². The van der Waals surface area contributed by atoms with E-state index in [-0.39, 0.29) is 5.56 Å². The molecule has 92 valence electrons. The average molecular weight is 255 g/mol. The summed E-state index contributed by atoms with van der Waals surface area (Å²) in [5.74, 6) is -0.959. The molecule has 17 heavy (non-hydrogen) atoms. The summed E-state index contributed by atoms with van der Waals surface area (Å²) < 4.78 is 0. The molecule has 1 aromatic carbocycles. The second-order valence-electron chi connectivity index (χ2n) is 4.39. The highest BCUT2D eigenvalue weighted by atomic mass is 35.5. The van der Waals surface area contributed by atoms with E-state index in [9.17, 15) is 4.79 Å². The average Bonchev–Trinajstić information content (AvgIpc) is 2.67. The number of rotatable bonds is 3. The van der Waals surface area contributed by atoms with Crippen LogP contribution in [0, 0.1) is 0 Å². The monoisotopic (exact) mass is 254 g/mol. The third kappa shape index (κ3) is 2.90. The summed E-state index contributed by atoms with van der Waals surface area (Å²) in [7, 11) is 2.08. The van der Waals surface area contributed by atoms with Gasteiger partial charge in [-0.2, -0.15) is 0 Å². The van der Waals surface area contributed by atoms with Crippen molar-refractivity contribution in [1.82, 2.24) is 4.90 Å². The molecular weight excluding hydrogens is 240 g/mol. The van der Waals surface area contributed by atoms with Crippen molar-refractivity contribution in [2.75, 3.05) is 25.5 Å². The quantitative estimate of drug-likeness (QED) is 0.868. The predicted molar refractivity (Wildman–Crippen MR) is 67.9 cm³/mol. The van der Waals surface area contributed by atoms with Crippen molar-refractivity contribution in [3.8, 4) is 0 Å². The van der Waals surface area contributed by atoms with Gasteiger partial charge in [0.15, 0.2) is 0 Å². The minimum absolute atomic E-state index is 0.212. The molecule has 4 nitrogen and oxygen atoms in total. The number of hydrogen-bond acceptors (Lipinski definition) is 3. The zero-order valence-electron chi connectivity index (χ0n) is 9.61. The fraction of sp³-hybridized carbons (Fsp3) is 0.417. The van der Waals surface area contributed by atoms with Crippen molar-refractivity contribution in [2.45, 2.75) is 12.5 Å². The Bertz CT molecular complexity index is 437. The molecule has 0 saturated carbocycles. The molecule has 1 atom stereocenters. The number of carboxylic acid groups (broad SMARTS) is 1. The van der Waals surface area contributed by atoms with Gasteiger partial charge in [-0.15, -0.1) is 0 Å². The molecule has 0 spiro atoms. The largest absolute Gasteiger partial charge is 0.478 e. The summed E-state index contributed by atoms with van der Waals surface area (Å²) in [5.41, 5.74) is 1.01. The fourth-order valence-corrected chi connectivity index (χ4v) is 2.27. The Morgan fingerprint density at radius 1 is 1.59 bits per heavy atom. The highest BCUT2D eigenvalue weighted by Crippen LogP contribution is 2.25. The first-order valence-corrected chi connectivity index (χ1v) is 5.92. The van der Waals surface area contributed by atoms with Gasteiger partial charge in [0.2, 0.25) is 0 Å². The van der Waals surface area contributed by atoms with Gasteiger partial charge < -0.3 is 15.3 Å². The van der Waals surface area contributed by atoms with Crippen LogP contribution in [0.3, 0.4) is 0 Å². The molecule has 2 rings (SSSR count). The summed E-state index contributed by atoms with van der Waals surface area (Å²) in [6, 6.07) is 5.15. The van der Waals surface area contributed by atoms with E-state index in [1.54, 1.807) is 12.1 Å². The summed E-state index contributed by atoms with van der Waals surface area (Å²) >= 11 is 6.05. The van der Waals surface area contributed by atoms with Crippen LogP contribution >= 0.6 is 11.6 Å². The Labute approximate surface area is 105 Å². The third-order valence-corrected chi connectivity index (χ3v) is 3.28. The van der Waals surface area contributed by atoms with Crippen LogP contribution in [0.5, 0.6) is 0 Å². The number of likely N-dealkylation sites (tertiary alicyclic amines) is 1. The molecule has 2 N–H and O–H groups in total. The van der Waals surface area contributed by atoms with Gasteiger partial charge in [0.05, 0.1) is 16.3 Å². The van der Waals surface area contributed by atoms with E-state index in [1.807, 2.05) is 0 Å². The molecule has 1 saturated heterocycles. The number of anilines is 1. The van der Waals surface area contributed by atoms with Crippen LogP contribution in [-0.4, -0.2) is 42.2 Å². The lowest BCUT2D eigenvalue weighted by atomic mass is 10.2. The lowest BCUT2D eigenvalue weighted by Crippen LogP contribution is -2.23. The molecule has 0 amide bonds. The van der Waals surface area contributed by atoms with Gasteiger partial charge in [-0.25, -0.2) is 4.79 Å². The van der Waals surface area contributed by atoms with Gasteiger partial charge in [-0.1, -0.05) is 11.6 Å². The molecule has 0 aliphatic carbocycles. The molecular formula is C12H15ClN2O2. The van der Waals surface area contributed by atoms with E-state index in [4.69, 9.17) is 16.7 Å². The van der Waals surface area contributed by atoms with E-state index < -0.39 is 5.97 Å². The molecule has 1 fully saturated rings. The molecule has 0 radical (unpaired) electrons. The Morgan fingerprint density at radius 3 is 2.88 bits per heavy atom. The smallest absolute Gasteiger partial charge is 0.335 e. The highest BCUT2D eigenvalue weighted by Gasteiger charge is 2.19. The molecule has 1 aromatic rings. The summed E-state index contributed by atoms with van der Waals surface area (Å²) in [4.78, 5) is 13.0. The van der Waals surface area contributed by atoms with Crippen molar-refractivity contribution >= 4 is 23.3 Å². The lowest BCUT2D eigenvalue weighted by molar-refractivity contribution is 0.0697. The summed E-state index contributed by atoms with van der Waals surface area (Å²) in [5, 5.41) is 12.6. The topological polar surface area (TPSA) is 52.6 Å². The van der Waals surface area contributed by atoms with Gasteiger partial charge in [0.1, 0.15) is 0 Å². The Kier molecular flexibility index (Phi) is 3.54. The van der Waals surface area contributed by atoms with E-state index in [0.29, 0.717) is 11.1 Å². The van der Waals surface area contributed by atoms with Gasteiger partial charge in [0.25, 0.3) is 0 Å². The number of nitrogens with zero attached hydrogens (tertiary/aromatic N) is 1. The van der Waals surface area contributed by atoms with Gasteiger partial charge in [-0.3, -0.25) is 0 Å². The van der Waals surface area contributed by atoms with Crippen LogP contribution in [0.2, 0.25) is 5.02 Å². The van der Waals surface area contributed by atoms with Crippen molar-refractivity contribution in [1.29, 1.82) is 0 Å². The number of carbonyl (C=O) groups is 1. The Balaban J connectivity index is 2.09. The lowest BCUT2D eigenvalue weighted by Gasteiger charge is -2.15. The molecule has 5 heteroatoms. The second kappa shape index (κ2) is 4.94. The highest BCUT2D eigenvalue weighted by molar-refractivity contribution is 6.33. The number of carboxylic acids is 1. The minimum atomic E-state index is -0.959. The van der Waals surface area contributed by atoms with E-state index in [0.717, 1.165) is 25.2 Å². The zero-order valence-corrected chi connectivity index (χ0v) is 10.4. The van der Waals surface area contributed by atoms with Gasteiger partial charge in [0, 0.05) is 12.6 Å². The normalized spacial score (nSPS) is 20.5. The van der Waals surface area contributed by atoms with Crippen LogP contribution in [0.1, 0.15) is 16.8 Å². The first kappa shape index (κ1) is 12.2. The maximum Gasteiger partial charge on any atom is 0.335 e. The molecule has 0 aromatic heterocycles. The van der Waals surface area contributed by atoms with Crippen LogP contribution in [0.4, 0.5) is 5.69 Å². The SMILES string of the molecule is CN1CCC(Nc2ccc(C(=O)O)cc2Cl)C1. The van der Waals surface area contributed by atoms with Gasteiger partial charge in [-0.05, 0) is 38.2 Å². The summed E-state index contributed by atoms with van der Waals surface area (Å²) in [6.07, 6.45) is 1.08. The Hall–Kier alpha value is -1.26. The second-order valence-corrected chi connectivity index (χ2v) is 4.80. The number of hydrogen-bond donors (Lipinski definition) is 2. The first-order chi connectivity index (χ1) is 8.06. The zero-order chi connectivity index (χ0) is 12.4. The molecule has 1 aliphatic rings. The van der Waals surface area contributed by atoms with Crippen LogP contribution < -0.4 is 5.32 Å².